The van der Waals surface area contributed by atoms with Crippen LogP contribution >= 0.6 is 0 Å². The minimum Gasteiger partial charge on any atom is -0.481 e. The Hall–Kier alpha value is -4.46. The van der Waals surface area contributed by atoms with E-state index in [4.69, 9.17) is 19.0 Å². The van der Waals surface area contributed by atoms with Gasteiger partial charge in [0.25, 0.3) is 0 Å². The summed E-state index contributed by atoms with van der Waals surface area (Å²) in [7, 11) is 2.98. The topological polar surface area (TPSA) is 92.3 Å². The van der Waals surface area contributed by atoms with Crippen molar-refractivity contribution in [2.45, 2.75) is 20.4 Å². The van der Waals surface area contributed by atoms with E-state index < -0.39 is 0 Å². The van der Waals surface area contributed by atoms with Crippen LogP contribution in [0.25, 0.3) is 33.3 Å². The lowest BCUT2D eigenvalue weighted by atomic mass is 10.0. The molecule has 35 heavy (non-hydrogen) atoms. The molecule has 5 rings (SSSR count). The van der Waals surface area contributed by atoms with Gasteiger partial charge >= 0.3 is 5.97 Å². The molecule has 0 bridgehead atoms. The van der Waals surface area contributed by atoms with E-state index in [1.165, 1.54) is 7.11 Å². The monoisotopic (exact) mass is 468 g/mol. The first-order valence-corrected chi connectivity index (χ1v) is 11.1. The number of ether oxygens (including phenoxy) is 2. The predicted molar refractivity (Wildman–Crippen MR) is 131 cm³/mol. The Morgan fingerprint density at radius 2 is 1.86 bits per heavy atom. The van der Waals surface area contributed by atoms with E-state index in [2.05, 4.69) is 27.0 Å². The van der Waals surface area contributed by atoms with Crippen molar-refractivity contribution >= 4 is 17.0 Å². The maximum Gasteiger partial charge on any atom is 0.337 e. The fourth-order valence-corrected chi connectivity index (χ4v) is 4.28. The number of aromatic nitrogens is 4. The molecule has 0 aliphatic rings. The summed E-state index contributed by atoms with van der Waals surface area (Å²) < 4.78 is 17.6. The van der Waals surface area contributed by atoms with Crippen LogP contribution in [-0.4, -0.2) is 39.9 Å². The van der Waals surface area contributed by atoms with Crippen LogP contribution in [0.2, 0.25) is 0 Å². The molecule has 0 N–H and O–H groups in total. The second-order valence-electron chi connectivity index (χ2n) is 8.20. The SMILES string of the molecule is COC(=O)c1ccc(-c2cn(Cc3cccc(OC)n3)c3cc(-c4c(C)noc4C)cnc23)cc1. The summed E-state index contributed by atoms with van der Waals surface area (Å²) in [5, 5.41) is 4.09. The standard InChI is InChI=1S/C27H24N4O4/c1-16-25(17(2)35-30-16)20-12-23-26(28-13-20)22(18-8-10-19(11-9-18)27(32)34-4)15-31(23)14-21-6-5-7-24(29-21)33-3/h5-13,15H,14H2,1-4H3. The second-order valence-corrected chi connectivity index (χ2v) is 8.20. The molecule has 1 aromatic carbocycles. The number of carbonyl (C=O) groups excluding carboxylic acids is 1. The predicted octanol–water partition coefficient (Wildman–Crippen LogP) is 5.21. The largest absolute Gasteiger partial charge is 0.481 e. The zero-order valence-corrected chi connectivity index (χ0v) is 19.9. The molecule has 0 unspecified atom stereocenters. The highest BCUT2D eigenvalue weighted by molar-refractivity contribution is 5.96. The maximum absolute atomic E-state index is 11.9. The van der Waals surface area contributed by atoms with E-state index in [0.29, 0.717) is 18.0 Å². The molecule has 0 radical (unpaired) electrons. The first-order valence-electron chi connectivity index (χ1n) is 11.1. The third kappa shape index (κ3) is 4.14. The molecule has 8 heteroatoms. The Labute approximate surface area is 202 Å². The van der Waals surface area contributed by atoms with Gasteiger partial charge in [-0.2, -0.15) is 0 Å². The summed E-state index contributed by atoms with van der Waals surface area (Å²) in [5.41, 5.74) is 7.71. The van der Waals surface area contributed by atoms with Gasteiger partial charge in [-0.25, -0.2) is 9.78 Å². The van der Waals surface area contributed by atoms with Gasteiger partial charge in [-0.15, -0.1) is 0 Å². The van der Waals surface area contributed by atoms with Crippen LogP contribution in [-0.2, 0) is 11.3 Å². The Balaban J connectivity index is 1.65. The van der Waals surface area contributed by atoms with Gasteiger partial charge in [-0.05, 0) is 43.7 Å². The number of fused-ring (bicyclic) bond motifs is 1. The summed E-state index contributed by atoms with van der Waals surface area (Å²) >= 11 is 0. The Morgan fingerprint density at radius 1 is 1.06 bits per heavy atom. The molecule has 0 saturated heterocycles. The van der Waals surface area contributed by atoms with Gasteiger partial charge in [0, 0.05) is 35.2 Å². The van der Waals surface area contributed by atoms with Crippen molar-refractivity contribution in [2.75, 3.05) is 14.2 Å². The van der Waals surface area contributed by atoms with E-state index >= 15 is 0 Å². The van der Waals surface area contributed by atoms with Crippen molar-refractivity contribution in [1.29, 1.82) is 0 Å². The zero-order chi connectivity index (χ0) is 24.5. The van der Waals surface area contributed by atoms with Gasteiger partial charge in [-0.3, -0.25) is 4.98 Å². The van der Waals surface area contributed by atoms with Crippen LogP contribution in [0.15, 0.2) is 65.4 Å². The fourth-order valence-electron chi connectivity index (χ4n) is 4.28. The van der Waals surface area contributed by atoms with Crippen LogP contribution in [0.4, 0.5) is 0 Å². The molecule has 176 valence electrons. The van der Waals surface area contributed by atoms with Crippen LogP contribution in [0, 0.1) is 13.8 Å². The van der Waals surface area contributed by atoms with E-state index in [1.807, 2.05) is 50.4 Å². The number of aryl methyl sites for hydroxylation is 2. The molecule has 0 fully saturated rings. The summed E-state index contributed by atoms with van der Waals surface area (Å²) in [6, 6.07) is 15.1. The molecule has 0 aliphatic heterocycles. The number of hydrogen-bond donors (Lipinski definition) is 0. The molecule has 8 nitrogen and oxygen atoms in total. The summed E-state index contributed by atoms with van der Waals surface area (Å²) in [6.07, 6.45) is 3.90. The first kappa shape index (κ1) is 22.3. The molecule has 0 atom stereocenters. The average Bonchev–Trinajstić information content (AvgIpc) is 3.42. The number of nitrogens with zero attached hydrogens (tertiary/aromatic N) is 4. The molecule has 4 aromatic heterocycles. The van der Waals surface area contributed by atoms with Crippen molar-refractivity contribution in [3.63, 3.8) is 0 Å². The molecule has 0 spiro atoms. The number of methoxy groups -OCH3 is 2. The smallest absolute Gasteiger partial charge is 0.337 e. The number of benzene rings is 1. The van der Waals surface area contributed by atoms with Gasteiger partial charge in [0.15, 0.2) is 0 Å². The minimum atomic E-state index is -0.370. The van der Waals surface area contributed by atoms with E-state index in [1.54, 1.807) is 19.2 Å². The van der Waals surface area contributed by atoms with Gasteiger partial charge in [0.05, 0.1) is 48.7 Å². The lowest BCUT2D eigenvalue weighted by Gasteiger charge is -2.07. The normalized spacial score (nSPS) is 11.1. The van der Waals surface area contributed by atoms with Gasteiger partial charge in [0.1, 0.15) is 5.76 Å². The van der Waals surface area contributed by atoms with E-state index in [0.717, 1.165) is 50.4 Å². The highest BCUT2D eigenvalue weighted by Gasteiger charge is 2.18. The zero-order valence-electron chi connectivity index (χ0n) is 19.9. The highest BCUT2D eigenvalue weighted by Crippen LogP contribution is 2.34. The molecule has 0 aliphatic carbocycles. The number of esters is 1. The quantitative estimate of drug-likeness (QED) is 0.316. The Kier molecular flexibility index (Phi) is 5.78. The Bertz CT molecular complexity index is 1510. The van der Waals surface area contributed by atoms with Gasteiger partial charge < -0.3 is 18.6 Å². The molecule has 0 saturated carbocycles. The van der Waals surface area contributed by atoms with E-state index in [9.17, 15) is 4.79 Å². The van der Waals surface area contributed by atoms with Crippen LogP contribution < -0.4 is 4.74 Å². The van der Waals surface area contributed by atoms with Gasteiger partial charge in [0.2, 0.25) is 5.88 Å². The highest BCUT2D eigenvalue weighted by atomic mass is 16.5. The number of hydrogen-bond acceptors (Lipinski definition) is 7. The second kappa shape index (κ2) is 9.06. The lowest BCUT2D eigenvalue weighted by Crippen LogP contribution is -2.01. The van der Waals surface area contributed by atoms with Crippen molar-refractivity contribution in [3.05, 3.63) is 83.6 Å². The lowest BCUT2D eigenvalue weighted by molar-refractivity contribution is 0.0600. The summed E-state index contributed by atoms with van der Waals surface area (Å²) in [5.74, 6) is 0.937. The fraction of sp³-hybridized carbons (Fsp3) is 0.185. The number of pyridine rings is 2. The summed E-state index contributed by atoms with van der Waals surface area (Å²) in [4.78, 5) is 21.3. The third-order valence-corrected chi connectivity index (χ3v) is 5.98. The minimum absolute atomic E-state index is 0.370. The number of rotatable bonds is 6. The first-order chi connectivity index (χ1) is 17.0. The summed E-state index contributed by atoms with van der Waals surface area (Å²) in [6.45, 7) is 4.34. The maximum atomic E-state index is 11.9. The van der Waals surface area contributed by atoms with Crippen molar-refractivity contribution < 1.29 is 18.8 Å². The third-order valence-electron chi connectivity index (χ3n) is 5.98. The molecular weight excluding hydrogens is 444 g/mol. The van der Waals surface area contributed by atoms with Crippen molar-refractivity contribution in [1.82, 2.24) is 19.7 Å². The molecule has 0 amide bonds. The van der Waals surface area contributed by atoms with Crippen LogP contribution in [0.3, 0.4) is 0 Å². The number of carbonyl (C=O) groups is 1. The average molecular weight is 469 g/mol. The van der Waals surface area contributed by atoms with E-state index in [-0.39, 0.29) is 5.97 Å². The van der Waals surface area contributed by atoms with Crippen LogP contribution in [0.1, 0.15) is 27.5 Å². The van der Waals surface area contributed by atoms with Gasteiger partial charge in [-0.1, -0.05) is 23.4 Å². The molecule has 5 aromatic rings. The van der Waals surface area contributed by atoms with Crippen molar-refractivity contribution in [3.8, 4) is 28.1 Å². The van der Waals surface area contributed by atoms with Crippen LogP contribution in [0.5, 0.6) is 5.88 Å². The molecular formula is C27H24N4O4. The molecule has 4 heterocycles. The Morgan fingerprint density at radius 3 is 2.54 bits per heavy atom. The van der Waals surface area contributed by atoms with Crippen molar-refractivity contribution in [2.24, 2.45) is 0 Å².